The molecule has 2 heteroatoms. The minimum atomic E-state index is 1.07. The van der Waals surface area contributed by atoms with E-state index >= 15 is 0 Å². The Morgan fingerprint density at radius 1 is 1.06 bits per heavy atom. The van der Waals surface area contributed by atoms with Crippen LogP contribution in [0.1, 0.15) is 18.9 Å². The molecule has 0 bridgehead atoms. The zero-order valence-corrected chi connectivity index (χ0v) is 10.6. The Kier molecular flexibility index (Phi) is 6.86. The summed E-state index contributed by atoms with van der Waals surface area (Å²) in [6.07, 6.45) is 2.36. The van der Waals surface area contributed by atoms with Gasteiger partial charge in [0.05, 0.1) is 0 Å². The van der Waals surface area contributed by atoms with Gasteiger partial charge in [-0.15, -0.1) is 0 Å². The second-order valence-corrected chi connectivity index (χ2v) is 4.29. The van der Waals surface area contributed by atoms with E-state index < -0.39 is 0 Å². The predicted molar refractivity (Wildman–Crippen MR) is 70.8 cm³/mol. The summed E-state index contributed by atoms with van der Waals surface area (Å²) in [4.78, 5) is 2.37. The first kappa shape index (κ1) is 13.2. The van der Waals surface area contributed by atoms with Gasteiger partial charge in [0.15, 0.2) is 0 Å². The molecule has 0 radical (unpaired) electrons. The summed E-state index contributed by atoms with van der Waals surface area (Å²) in [7, 11) is 2.18. The summed E-state index contributed by atoms with van der Waals surface area (Å²) < 4.78 is 0. The van der Waals surface area contributed by atoms with Crippen molar-refractivity contribution < 1.29 is 0 Å². The SMILES string of the molecule is CCCN(C)CCNCCc1ccccc1. The van der Waals surface area contributed by atoms with Gasteiger partial charge < -0.3 is 10.2 Å². The molecule has 1 rings (SSSR count). The van der Waals surface area contributed by atoms with Gasteiger partial charge in [-0.3, -0.25) is 0 Å². The van der Waals surface area contributed by atoms with E-state index in [9.17, 15) is 0 Å². The van der Waals surface area contributed by atoms with Crippen LogP contribution in [0.25, 0.3) is 0 Å². The van der Waals surface area contributed by atoms with Crippen molar-refractivity contribution in [2.24, 2.45) is 0 Å². The van der Waals surface area contributed by atoms with Crippen molar-refractivity contribution in [2.45, 2.75) is 19.8 Å². The van der Waals surface area contributed by atoms with Crippen LogP contribution in [0.15, 0.2) is 30.3 Å². The van der Waals surface area contributed by atoms with Gasteiger partial charge in [-0.1, -0.05) is 37.3 Å². The molecule has 16 heavy (non-hydrogen) atoms. The first-order valence-corrected chi connectivity index (χ1v) is 6.26. The number of hydrogen-bond acceptors (Lipinski definition) is 2. The molecular formula is C14H24N2. The molecule has 0 aromatic heterocycles. The van der Waals surface area contributed by atoms with Crippen LogP contribution in [0, 0.1) is 0 Å². The third-order valence-corrected chi connectivity index (χ3v) is 2.71. The topological polar surface area (TPSA) is 15.3 Å². The summed E-state index contributed by atoms with van der Waals surface area (Å²) in [6, 6.07) is 10.6. The largest absolute Gasteiger partial charge is 0.315 e. The van der Waals surface area contributed by atoms with Gasteiger partial charge >= 0.3 is 0 Å². The van der Waals surface area contributed by atoms with Crippen LogP contribution in [0.5, 0.6) is 0 Å². The number of nitrogens with zero attached hydrogens (tertiary/aromatic N) is 1. The average Bonchev–Trinajstić information content (AvgIpc) is 2.30. The first-order chi connectivity index (χ1) is 7.83. The van der Waals surface area contributed by atoms with Crippen LogP contribution in [-0.4, -0.2) is 38.1 Å². The third-order valence-electron chi connectivity index (χ3n) is 2.71. The molecule has 1 N–H and O–H groups in total. The van der Waals surface area contributed by atoms with Crippen LogP contribution in [0.2, 0.25) is 0 Å². The maximum absolute atomic E-state index is 3.48. The smallest absolute Gasteiger partial charge is 0.0104 e. The number of rotatable bonds is 8. The minimum absolute atomic E-state index is 1.07. The Balaban J connectivity index is 2.00. The third kappa shape index (κ3) is 5.89. The molecule has 1 aromatic rings. The second kappa shape index (κ2) is 8.31. The standard InChI is InChI=1S/C14H24N2/c1-3-12-16(2)13-11-15-10-9-14-7-5-4-6-8-14/h4-8,15H,3,9-13H2,1-2H3. The number of likely N-dealkylation sites (N-methyl/N-ethyl adjacent to an activating group) is 1. The van der Waals surface area contributed by atoms with Gasteiger partial charge in [-0.2, -0.15) is 0 Å². The summed E-state index contributed by atoms with van der Waals surface area (Å²) in [5.41, 5.74) is 1.41. The first-order valence-electron chi connectivity index (χ1n) is 6.26. The maximum atomic E-state index is 3.48. The molecule has 0 aliphatic carbocycles. The predicted octanol–water partition coefficient (Wildman–Crippen LogP) is 2.16. The molecule has 1 aromatic carbocycles. The molecule has 0 saturated heterocycles. The zero-order chi connectivity index (χ0) is 11.6. The van der Waals surface area contributed by atoms with Gasteiger partial charge in [0.25, 0.3) is 0 Å². The molecule has 0 aliphatic rings. The lowest BCUT2D eigenvalue weighted by Gasteiger charge is -2.15. The van der Waals surface area contributed by atoms with E-state index in [0.717, 1.165) is 26.1 Å². The van der Waals surface area contributed by atoms with Crippen LogP contribution in [0.3, 0.4) is 0 Å². The lowest BCUT2D eigenvalue weighted by molar-refractivity contribution is 0.332. The fourth-order valence-corrected chi connectivity index (χ4v) is 1.77. The van der Waals surface area contributed by atoms with Crippen molar-refractivity contribution in [3.63, 3.8) is 0 Å². The van der Waals surface area contributed by atoms with E-state index in [1.165, 1.54) is 18.5 Å². The number of nitrogens with one attached hydrogen (secondary N) is 1. The Morgan fingerprint density at radius 2 is 1.81 bits per heavy atom. The van der Waals surface area contributed by atoms with E-state index in [0.29, 0.717) is 0 Å². The number of hydrogen-bond donors (Lipinski definition) is 1. The van der Waals surface area contributed by atoms with Crippen molar-refractivity contribution in [1.29, 1.82) is 0 Å². The minimum Gasteiger partial charge on any atom is -0.315 e. The molecule has 0 heterocycles. The van der Waals surface area contributed by atoms with Gasteiger partial charge in [0.2, 0.25) is 0 Å². The molecule has 0 atom stereocenters. The lowest BCUT2D eigenvalue weighted by Crippen LogP contribution is -2.30. The Labute approximate surface area is 99.7 Å². The molecule has 2 nitrogen and oxygen atoms in total. The molecule has 0 unspecified atom stereocenters. The van der Waals surface area contributed by atoms with Gasteiger partial charge in [-0.25, -0.2) is 0 Å². The summed E-state index contributed by atoms with van der Waals surface area (Å²) in [6.45, 7) is 6.72. The summed E-state index contributed by atoms with van der Waals surface area (Å²) in [5, 5.41) is 3.48. The maximum Gasteiger partial charge on any atom is 0.0104 e. The van der Waals surface area contributed by atoms with Crippen LogP contribution in [-0.2, 0) is 6.42 Å². The molecule has 0 fully saturated rings. The van der Waals surface area contributed by atoms with E-state index in [1.54, 1.807) is 0 Å². The molecule has 0 spiro atoms. The van der Waals surface area contributed by atoms with Gasteiger partial charge in [0, 0.05) is 13.1 Å². The van der Waals surface area contributed by atoms with E-state index in [1.807, 2.05) is 0 Å². The highest BCUT2D eigenvalue weighted by atomic mass is 15.1. The Hall–Kier alpha value is -0.860. The molecule has 0 amide bonds. The van der Waals surface area contributed by atoms with E-state index in [2.05, 4.69) is 54.5 Å². The van der Waals surface area contributed by atoms with E-state index in [-0.39, 0.29) is 0 Å². The number of benzene rings is 1. The van der Waals surface area contributed by atoms with Gasteiger partial charge in [0.1, 0.15) is 0 Å². The van der Waals surface area contributed by atoms with Crippen molar-refractivity contribution in [3.05, 3.63) is 35.9 Å². The van der Waals surface area contributed by atoms with Crippen LogP contribution < -0.4 is 5.32 Å². The highest BCUT2D eigenvalue weighted by molar-refractivity contribution is 5.14. The van der Waals surface area contributed by atoms with Crippen molar-refractivity contribution >= 4 is 0 Å². The molecular weight excluding hydrogens is 196 g/mol. The second-order valence-electron chi connectivity index (χ2n) is 4.29. The fourth-order valence-electron chi connectivity index (χ4n) is 1.77. The quantitative estimate of drug-likeness (QED) is 0.675. The van der Waals surface area contributed by atoms with Crippen molar-refractivity contribution in [1.82, 2.24) is 10.2 Å². The van der Waals surface area contributed by atoms with Crippen LogP contribution >= 0.6 is 0 Å². The monoisotopic (exact) mass is 220 g/mol. The van der Waals surface area contributed by atoms with E-state index in [4.69, 9.17) is 0 Å². The fraction of sp³-hybridized carbons (Fsp3) is 0.571. The van der Waals surface area contributed by atoms with Crippen molar-refractivity contribution in [2.75, 3.05) is 33.2 Å². The summed E-state index contributed by atoms with van der Waals surface area (Å²) >= 11 is 0. The Bertz CT molecular complexity index is 259. The normalized spacial score (nSPS) is 10.9. The average molecular weight is 220 g/mol. The summed E-state index contributed by atoms with van der Waals surface area (Å²) in [5.74, 6) is 0. The highest BCUT2D eigenvalue weighted by Gasteiger charge is 1.95. The molecule has 0 aliphatic heterocycles. The van der Waals surface area contributed by atoms with Crippen LogP contribution in [0.4, 0.5) is 0 Å². The zero-order valence-electron chi connectivity index (χ0n) is 10.6. The Morgan fingerprint density at radius 3 is 2.50 bits per heavy atom. The lowest BCUT2D eigenvalue weighted by atomic mass is 10.1. The van der Waals surface area contributed by atoms with Crippen molar-refractivity contribution in [3.8, 4) is 0 Å². The highest BCUT2D eigenvalue weighted by Crippen LogP contribution is 1.97. The molecule has 0 saturated carbocycles. The van der Waals surface area contributed by atoms with Gasteiger partial charge in [-0.05, 0) is 38.5 Å². The molecule has 90 valence electrons.